The lowest BCUT2D eigenvalue weighted by Crippen LogP contribution is -2.13. The molecule has 0 saturated heterocycles. The molecule has 0 fully saturated rings. The fourth-order valence-electron chi connectivity index (χ4n) is 1.72. The van der Waals surface area contributed by atoms with Crippen molar-refractivity contribution in [1.29, 1.82) is 0 Å². The van der Waals surface area contributed by atoms with Crippen molar-refractivity contribution in [3.8, 4) is 0 Å². The molecule has 0 saturated carbocycles. The van der Waals surface area contributed by atoms with Gasteiger partial charge in [0.25, 0.3) is 0 Å². The highest BCUT2D eigenvalue weighted by Gasteiger charge is 2.35. The third-order valence-corrected chi connectivity index (χ3v) is 2.95. The summed E-state index contributed by atoms with van der Waals surface area (Å²) in [6.45, 7) is 0. The fraction of sp³-hybridized carbons (Fsp3) is 0.0714. The van der Waals surface area contributed by atoms with Gasteiger partial charge in [0.2, 0.25) is 0 Å². The second kappa shape index (κ2) is 5.25. The number of carbonyl (C=O) groups excluding carboxylic acids is 1. The van der Waals surface area contributed by atoms with E-state index in [1.54, 1.807) is 0 Å². The molecule has 2 aromatic carbocycles. The van der Waals surface area contributed by atoms with Crippen LogP contribution in [0.5, 0.6) is 0 Å². The molecule has 0 aromatic heterocycles. The van der Waals surface area contributed by atoms with E-state index in [0.717, 1.165) is 30.3 Å². The molecule has 0 atom stereocenters. The molecular formula is C14H7ClF4O. The van der Waals surface area contributed by atoms with Crippen molar-refractivity contribution in [2.45, 2.75) is 6.18 Å². The molecule has 0 aliphatic carbocycles. The van der Waals surface area contributed by atoms with Crippen molar-refractivity contribution >= 4 is 17.4 Å². The SMILES string of the molecule is O=C(c1ccc(F)c(Cl)c1)c1ccccc1C(F)(F)F. The van der Waals surface area contributed by atoms with E-state index >= 15 is 0 Å². The van der Waals surface area contributed by atoms with E-state index < -0.39 is 28.9 Å². The minimum Gasteiger partial charge on any atom is -0.289 e. The Morgan fingerprint density at radius 1 is 1.05 bits per heavy atom. The maximum absolute atomic E-state index is 13.0. The summed E-state index contributed by atoms with van der Waals surface area (Å²) in [4.78, 5) is 12.1. The van der Waals surface area contributed by atoms with Crippen LogP contribution in [-0.4, -0.2) is 5.78 Å². The third kappa shape index (κ3) is 2.82. The highest BCUT2D eigenvalue weighted by Crippen LogP contribution is 2.33. The molecule has 0 N–H and O–H groups in total. The van der Waals surface area contributed by atoms with Crippen molar-refractivity contribution in [3.63, 3.8) is 0 Å². The van der Waals surface area contributed by atoms with Gasteiger partial charge in [-0.25, -0.2) is 4.39 Å². The van der Waals surface area contributed by atoms with Gasteiger partial charge < -0.3 is 0 Å². The van der Waals surface area contributed by atoms with Crippen LogP contribution in [0.3, 0.4) is 0 Å². The molecule has 0 radical (unpaired) electrons. The highest BCUT2D eigenvalue weighted by atomic mass is 35.5. The van der Waals surface area contributed by atoms with E-state index in [1.807, 2.05) is 0 Å². The molecule has 0 heterocycles. The monoisotopic (exact) mass is 302 g/mol. The van der Waals surface area contributed by atoms with Crippen molar-refractivity contribution in [3.05, 3.63) is 70.0 Å². The van der Waals surface area contributed by atoms with Gasteiger partial charge in [-0.05, 0) is 24.3 Å². The summed E-state index contributed by atoms with van der Waals surface area (Å²) >= 11 is 5.53. The van der Waals surface area contributed by atoms with E-state index in [0.29, 0.717) is 0 Å². The molecule has 6 heteroatoms. The maximum atomic E-state index is 13.0. The van der Waals surface area contributed by atoms with Crippen LogP contribution in [0.4, 0.5) is 17.6 Å². The number of halogens is 5. The van der Waals surface area contributed by atoms with E-state index in [-0.39, 0.29) is 10.6 Å². The number of rotatable bonds is 2. The van der Waals surface area contributed by atoms with Gasteiger partial charge in [-0.3, -0.25) is 4.79 Å². The lowest BCUT2D eigenvalue weighted by Gasteiger charge is -2.11. The summed E-state index contributed by atoms with van der Waals surface area (Å²) in [7, 11) is 0. The Bertz CT molecular complexity index is 664. The zero-order valence-electron chi connectivity index (χ0n) is 9.84. The van der Waals surface area contributed by atoms with E-state index in [2.05, 4.69) is 0 Å². The number of alkyl halides is 3. The quantitative estimate of drug-likeness (QED) is 0.579. The molecule has 0 amide bonds. The van der Waals surface area contributed by atoms with Gasteiger partial charge in [-0.1, -0.05) is 29.8 Å². The molecule has 0 spiro atoms. The van der Waals surface area contributed by atoms with Crippen LogP contribution in [0.15, 0.2) is 42.5 Å². The Labute approximate surface area is 116 Å². The Morgan fingerprint density at radius 2 is 1.70 bits per heavy atom. The van der Waals surface area contributed by atoms with Crippen LogP contribution in [0.1, 0.15) is 21.5 Å². The number of hydrogen-bond acceptors (Lipinski definition) is 1. The first kappa shape index (κ1) is 14.5. The lowest BCUT2D eigenvalue weighted by atomic mass is 9.98. The predicted octanol–water partition coefficient (Wildman–Crippen LogP) is 4.73. The molecule has 104 valence electrons. The maximum Gasteiger partial charge on any atom is 0.417 e. The minimum absolute atomic E-state index is 0.104. The number of hydrogen-bond donors (Lipinski definition) is 0. The summed E-state index contributed by atoms with van der Waals surface area (Å²) in [5, 5.41) is -0.319. The zero-order chi connectivity index (χ0) is 14.9. The van der Waals surface area contributed by atoms with Gasteiger partial charge in [0.15, 0.2) is 5.78 Å². The van der Waals surface area contributed by atoms with Crippen LogP contribution in [0, 0.1) is 5.82 Å². The summed E-state index contributed by atoms with van der Waals surface area (Å²) < 4.78 is 51.5. The smallest absolute Gasteiger partial charge is 0.289 e. The van der Waals surface area contributed by atoms with Crippen LogP contribution in [0.25, 0.3) is 0 Å². The Morgan fingerprint density at radius 3 is 2.30 bits per heavy atom. The molecule has 0 aliphatic heterocycles. The summed E-state index contributed by atoms with van der Waals surface area (Å²) in [6, 6.07) is 7.44. The third-order valence-electron chi connectivity index (χ3n) is 2.66. The average Bonchev–Trinajstić information content (AvgIpc) is 2.40. The number of ketones is 1. The van der Waals surface area contributed by atoms with Gasteiger partial charge in [0.05, 0.1) is 10.6 Å². The number of benzene rings is 2. The molecule has 20 heavy (non-hydrogen) atoms. The van der Waals surface area contributed by atoms with Crippen molar-refractivity contribution < 1.29 is 22.4 Å². The van der Waals surface area contributed by atoms with Crippen molar-refractivity contribution in [2.75, 3.05) is 0 Å². The molecule has 0 aliphatic rings. The predicted molar refractivity (Wildman–Crippen MR) is 66.3 cm³/mol. The van der Waals surface area contributed by atoms with Crippen molar-refractivity contribution in [2.24, 2.45) is 0 Å². The molecule has 2 rings (SSSR count). The van der Waals surface area contributed by atoms with Crippen LogP contribution < -0.4 is 0 Å². The fourth-order valence-corrected chi connectivity index (χ4v) is 1.90. The minimum atomic E-state index is -4.64. The summed E-state index contributed by atoms with van der Waals surface area (Å²) in [5.74, 6) is -1.60. The van der Waals surface area contributed by atoms with E-state index in [9.17, 15) is 22.4 Å². The second-order valence-electron chi connectivity index (χ2n) is 4.00. The normalized spacial score (nSPS) is 11.4. The van der Waals surface area contributed by atoms with Gasteiger partial charge >= 0.3 is 6.18 Å². The zero-order valence-corrected chi connectivity index (χ0v) is 10.6. The summed E-state index contributed by atoms with van der Waals surface area (Å²) in [6.07, 6.45) is -4.64. The molecule has 1 nitrogen and oxygen atoms in total. The topological polar surface area (TPSA) is 17.1 Å². The van der Waals surface area contributed by atoms with Gasteiger partial charge in [0, 0.05) is 11.1 Å². The standard InChI is InChI=1S/C14H7ClF4O/c15-11-7-8(5-6-12(11)16)13(20)9-3-1-2-4-10(9)14(17,18)19/h1-7H. The molecular weight excluding hydrogens is 296 g/mol. The first-order chi connectivity index (χ1) is 9.30. The first-order valence-electron chi connectivity index (χ1n) is 5.46. The van der Waals surface area contributed by atoms with Gasteiger partial charge in [-0.2, -0.15) is 13.2 Å². The molecule has 2 aromatic rings. The van der Waals surface area contributed by atoms with Crippen LogP contribution >= 0.6 is 11.6 Å². The first-order valence-corrected chi connectivity index (χ1v) is 5.84. The van der Waals surface area contributed by atoms with Crippen LogP contribution in [-0.2, 0) is 6.18 Å². The Hall–Kier alpha value is -1.88. The van der Waals surface area contributed by atoms with E-state index in [1.165, 1.54) is 12.1 Å². The van der Waals surface area contributed by atoms with Gasteiger partial charge in [0.1, 0.15) is 5.82 Å². The Kier molecular flexibility index (Phi) is 3.81. The number of carbonyl (C=O) groups is 1. The van der Waals surface area contributed by atoms with Crippen LogP contribution in [0.2, 0.25) is 5.02 Å². The van der Waals surface area contributed by atoms with E-state index in [4.69, 9.17) is 11.6 Å². The largest absolute Gasteiger partial charge is 0.417 e. The molecule has 0 bridgehead atoms. The van der Waals surface area contributed by atoms with Gasteiger partial charge in [-0.15, -0.1) is 0 Å². The van der Waals surface area contributed by atoms with Crippen molar-refractivity contribution in [1.82, 2.24) is 0 Å². The lowest BCUT2D eigenvalue weighted by molar-refractivity contribution is -0.137. The highest BCUT2D eigenvalue weighted by molar-refractivity contribution is 6.31. The summed E-state index contributed by atoms with van der Waals surface area (Å²) in [5.41, 5.74) is -1.64. The second-order valence-corrected chi connectivity index (χ2v) is 4.41. The average molecular weight is 303 g/mol. The molecule has 0 unspecified atom stereocenters. The Balaban J connectivity index is 2.51.